The first-order valence-electron chi connectivity index (χ1n) is 10.2. The van der Waals surface area contributed by atoms with E-state index in [0.29, 0.717) is 6.42 Å². The van der Waals surface area contributed by atoms with Gasteiger partial charge in [-0.1, -0.05) is 45.4 Å². The second kappa shape index (κ2) is 15.2. The summed E-state index contributed by atoms with van der Waals surface area (Å²) in [6, 6.07) is 0. The Morgan fingerprint density at radius 1 is 0.731 bits per heavy atom. The molecule has 1 rings (SSSR count). The minimum atomic E-state index is -3.81. The van der Waals surface area contributed by atoms with Crippen LogP contribution in [0.3, 0.4) is 0 Å². The Morgan fingerprint density at radius 3 is 1.50 bits per heavy atom. The van der Waals surface area contributed by atoms with Crippen molar-refractivity contribution in [3.05, 3.63) is 0 Å². The van der Waals surface area contributed by atoms with Crippen LogP contribution >= 0.6 is 0 Å². The molecule has 0 aromatic rings. The van der Waals surface area contributed by atoms with E-state index in [-0.39, 0.29) is 0 Å². The predicted molar refractivity (Wildman–Crippen MR) is 102 cm³/mol. The zero-order valence-electron chi connectivity index (χ0n) is 16.2. The monoisotopic (exact) mass is 587 g/mol. The Bertz CT molecular complexity index is 456. The number of carbonyl (C=O) groups is 1. The molecular formula is C18H35O6PbS. The van der Waals surface area contributed by atoms with Gasteiger partial charge in [0.1, 0.15) is 0 Å². The first-order chi connectivity index (χ1) is 12.5. The van der Waals surface area contributed by atoms with E-state index < -0.39 is 40.4 Å². The molecule has 26 heavy (non-hydrogen) atoms. The van der Waals surface area contributed by atoms with Gasteiger partial charge in [0.2, 0.25) is 0 Å². The summed E-state index contributed by atoms with van der Waals surface area (Å²) in [5.74, 6) is -0.392. The third-order valence-electron chi connectivity index (χ3n) is 4.52. The summed E-state index contributed by atoms with van der Waals surface area (Å²) in [4.78, 5) is 11.5. The Morgan fingerprint density at radius 2 is 1.12 bits per heavy atom. The van der Waals surface area contributed by atoms with Crippen molar-refractivity contribution in [1.82, 2.24) is 0 Å². The van der Waals surface area contributed by atoms with Gasteiger partial charge in [0.25, 0.3) is 0 Å². The summed E-state index contributed by atoms with van der Waals surface area (Å²) in [6.07, 6.45) is 19.5. The van der Waals surface area contributed by atoms with E-state index in [1.54, 1.807) is 0 Å². The van der Waals surface area contributed by atoms with Crippen LogP contribution in [-0.2, 0) is 22.1 Å². The molecule has 0 saturated carbocycles. The zero-order valence-corrected chi connectivity index (χ0v) is 20.9. The Kier molecular flexibility index (Phi) is 14.2. The van der Waals surface area contributed by atoms with Crippen molar-refractivity contribution in [2.24, 2.45) is 0 Å². The number of rotatable bonds is 17. The first kappa shape index (κ1) is 24.3. The molecule has 1 aliphatic heterocycles. The molecule has 0 spiro atoms. The summed E-state index contributed by atoms with van der Waals surface area (Å²) < 4.78 is 35.0. The van der Waals surface area contributed by atoms with Gasteiger partial charge in [-0.2, -0.15) is 0 Å². The van der Waals surface area contributed by atoms with E-state index in [0.717, 1.165) is 19.3 Å². The molecule has 1 fully saturated rings. The van der Waals surface area contributed by atoms with Gasteiger partial charge in [0, 0.05) is 0 Å². The van der Waals surface area contributed by atoms with Gasteiger partial charge in [0.15, 0.2) is 0 Å². The van der Waals surface area contributed by atoms with Crippen LogP contribution in [0.15, 0.2) is 0 Å². The van der Waals surface area contributed by atoms with Crippen molar-refractivity contribution in [2.75, 3.05) is 0 Å². The van der Waals surface area contributed by atoms with Crippen LogP contribution in [0.5, 0.6) is 0 Å². The quantitative estimate of drug-likeness (QED) is 0.175. The topological polar surface area (TPSA) is 78.9 Å². The van der Waals surface area contributed by atoms with Gasteiger partial charge < -0.3 is 0 Å². The molecule has 1 radical (unpaired) electrons. The van der Waals surface area contributed by atoms with E-state index in [1.807, 2.05) is 0 Å². The molecule has 153 valence electrons. The van der Waals surface area contributed by atoms with Crippen molar-refractivity contribution in [1.29, 1.82) is 0 Å². The van der Waals surface area contributed by atoms with Crippen LogP contribution in [0.25, 0.3) is 0 Å². The van der Waals surface area contributed by atoms with Crippen molar-refractivity contribution >= 4 is 40.4 Å². The first-order valence-corrected chi connectivity index (χ1v) is 16.3. The molecule has 0 aromatic heterocycles. The Hall–Kier alpha value is 0.262. The maximum atomic E-state index is 11.5. The number of hydrogen-bond donors (Lipinski definition) is 0. The van der Waals surface area contributed by atoms with E-state index in [1.165, 1.54) is 77.0 Å². The summed E-state index contributed by atoms with van der Waals surface area (Å²) in [7, 11) is -3.81. The van der Waals surface area contributed by atoms with Crippen molar-refractivity contribution in [3.63, 3.8) is 0 Å². The summed E-state index contributed by atoms with van der Waals surface area (Å²) >= 11 is -3.43. The number of hydrogen-bond acceptors (Lipinski definition) is 6. The van der Waals surface area contributed by atoms with E-state index in [4.69, 9.17) is 2.69 Å². The van der Waals surface area contributed by atoms with Crippen LogP contribution in [0.1, 0.15) is 110 Å². The zero-order chi connectivity index (χ0) is 19.1. The fourth-order valence-corrected chi connectivity index (χ4v) is 9.35. The fraction of sp³-hybridized carbons (Fsp3) is 0.944. The standard InChI is InChI=1S/C18H36O2.H2O4S.Pb/c1-2-3-4-5-6-7-8-9-10-11-12-13-14-15-16-17-18(19)20;1-5(2,3)4;/h2-17H2,1H3,(H,19,20);(H2,1,2,3,4);/q;;+3/p-3. The van der Waals surface area contributed by atoms with Gasteiger partial charge in [-0.25, -0.2) is 0 Å². The molecule has 1 saturated heterocycles. The predicted octanol–water partition coefficient (Wildman–Crippen LogP) is 5.07. The van der Waals surface area contributed by atoms with Gasteiger partial charge in [-0.3, -0.25) is 0 Å². The third-order valence-corrected chi connectivity index (χ3v) is 14.7. The fourth-order valence-electron chi connectivity index (χ4n) is 2.99. The maximum absolute atomic E-state index is 11.5. The van der Waals surface area contributed by atoms with Gasteiger partial charge in [0.05, 0.1) is 0 Å². The average Bonchev–Trinajstić information content (AvgIpc) is 2.56. The molecule has 0 N–H and O–H groups in total. The molecule has 0 aromatic carbocycles. The molecule has 0 amide bonds. The van der Waals surface area contributed by atoms with E-state index >= 15 is 0 Å². The van der Waals surface area contributed by atoms with Gasteiger partial charge in [-0.15, -0.1) is 0 Å². The van der Waals surface area contributed by atoms with Crippen LogP contribution in [0.2, 0.25) is 0 Å². The van der Waals surface area contributed by atoms with Crippen molar-refractivity contribution < 1.29 is 20.2 Å². The third kappa shape index (κ3) is 13.4. The average molecular weight is 587 g/mol. The molecule has 0 unspecified atom stereocenters. The molecule has 1 aliphatic rings. The summed E-state index contributed by atoms with van der Waals surface area (Å²) in [5, 5.41) is 0. The second-order valence-corrected chi connectivity index (χ2v) is 14.8. The Balaban J connectivity index is 1.74. The molecule has 0 atom stereocenters. The molecule has 0 aliphatic carbocycles. The minimum absolute atomic E-state index is 0.319. The van der Waals surface area contributed by atoms with Crippen molar-refractivity contribution in [2.45, 2.75) is 110 Å². The van der Waals surface area contributed by atoms with Gasteiger partial charge >= 0.3 is 125 Å². The molecule has 8 heteroatoms. The van der Waals surface area contributed by atoms with Crippen LogP contribution < -0.4 is 0 Å². The number of carbonyl (C=O) groups excluding carboxylic acids is 1. The second-order valence-electron chi connectivity index (χ2n) is 7.00. The van der Waals surface area contributed by atoms with Crippen LogP contribution in [-0.4, -0.2) is 38.4 Å². The summed E-state index contributed by atoms with van der Waals surface area (Å²) in [5.41, 5.74) is 0. The summed E-state index contributed by atoms with van der Waals surface area (Å²) in [6.45, 7) is 2.26. The molecule has 6 nitrogen and oxygen atoms in total. The molecular weight excluding hydrogens is 551 g/mol. The van der Waals surface area contributed by atoms with Crippen molar-refractivity contribution in [3.8, 4) is 0 Å². The van der Waals surface area contributed by atoms with E-state index in [9.17, 15) is 13.2 Å². The van der Waals surface area contributed by atoms with Gasteiger partial charge in [-0.05, 0) is 0 Å². The molecule has 0 bridgehead atoms. The van der Waals surface area contributed by atoms with Crippen LogP contribution in [0, 0.1) is 0 Å². The SMILES string of the molecule is CCCCCCCCCCCCCCCCCC(=O)[O][Pb]1[O]S(=O)(=O)[O]1. The van der Waals surface area contributed by atoms with Crippen LogP contribution in [0.4, 0.5) is 0 Å². The normalized spacial score (nSPS) is 16.3. The Labute approximate surface area is 169 Å². The molecule has 1 heterocycles. The number of unbranched alkanes of at least 4 members (excludes halogenated alkanes) is 14. The van der Waals surface area contributed by atoms with E-state index in [2.05, 4.69) is 11.2 Å².